The second-order valence-electron chi connectivity index (χ2n) is 3.53. The van der Waals surface area contributed by atoms with Gasteiger partial charge in [-0.15, -0.1) is 0 Å². The van der Waals surface area contributed by atoms with Crippen LogP contribution in [0.3, 0.4) is 0 Å². The molecule has 0 radical (unpaired) electrons. The van der Waals surface area contributed by atoms with Crippen LogP contribution < -0.4 is 15.8 Å². The molecule has 1 aromatic heterocycles. The second kappa shape index (κ2) is 8.48. The van der Waals surface area contributed by atoms with Gasteiger partial charge >= 0.3 is 0 Å². The first kappa shape index (κ1) is 14.5. The third kappa shape index (κ3) is 4.72. The van der Waals surface area contributed by atoms with Gasteiger partial charge in [0.05, 0.1) is 20.3 Å². The van der Waals surface area contributed by atoms with Crippen molar-refractivity contribution in [3.05, 3.63) is 6.33 Å². The lowest BCUT2D eigenvalue weighted by Gasteiger charge is -2.10. The normalized spacial score (nSPS) is 10.3. The number of nitrogens with one attached hydrogen (secondary N) is 1. The molecule has 0 fully saturated rings. The molecule has 1 heterocycles. The van der Waals surface area contributed by atoms with Crippen molar-refractivity contribution in [2.45, 2.75) is 6.42 Å². The standard InChI is InChI=1S/C11H20N4O3/c1-16-6-7-18-5-3-4-13-10-9(12)11(17-2)15-8-14-10/h8H,3-7,12H2,1-2H3,(H,13,14,15). The lowest BCUT2D eigenvalue weighted by atomic mass is 10.4. The van der Waals surface area contributed by atoms with Crippen molar-refractivity contribution >= 4 is 11.5 Å². The van der Waals surface area contributed by atoms with Crippen molar-refractivity contribution in [3.8, 4) is 5.88 Å². The molecule has 7 nitrogen and oxygen atoms in total. The van der Waals surface area contributed by atoms with Gasteiger partial charge in [0.15, 0.2) is 5.82 Å². The summed E-state index contributed by atoms with van der Waals surface area (Å²) in [6.07, 6.45) is 2.27. The molecular formula is C11H20N4O3. The molecule has 1 rings (SSSR count). The Morgan fingerprint density at radius 3 is 2.78 bits per heavy atom. The van der Waals surface area contributed by atoms with Crippen LogP contribution in [-0.2, 0) is 9.47 Å². The van der Waals surface area contributed by atoms with Crippen molar-refractivity contribution < 1.29 is 14.2 Å². The molecule has 1 aromatic rings. The Hall–Kier alpha value is -1.60. The number of ether oxygens (including phenoxy) is 3. The van der Waals surface area contributed by atoms with Crippen molar-refractivity contribution in [2.24, 2.45) is 0 Å². The van der Waals surface area contributed by atoms with Crippen LogP contribution in [0.15, 0.2) is 6.33 Å². The number of nitrogens with two attached hydrogens (primary N) is 1. The van der Waals surface area contributed by atoms with Gasteiger partial charge in [0, 0.05) is 20.3 Å². The smallest absolute Gasteiger partial charge is 0.242 e. The third-order valence-corrected chi connectivity index (χ3v) is 2.23. The van der Waals surface area contributed by atoms with Gasteiger partial charge in [0.1, 0.15) is 12.0 Å². The number of methoxy groups -OCH3 is 2. The maximum Gasteiger partial charge on any atom is 0.242 e. The molecule has 0 bridgehead atoms. The fourth-order valence-corrected chi connectivity index (χ4v) is 1.31. The van der Waals surface area contributed by atoms with Gasteiger partial charge in [-0.3, -0.25) is 0 Å². The summed E-state index contributed by atoms with van der Waals surface area (Å²) in [5, 5.41) is 3.11. The van der Waals surface area contributed by atoms with Crippen molar-refractivity contribution in [2.75, 3.05) is 51.6 Å². The lowest BCUT2D eigenvalue weighted by Crippen LogP contribution is -2.11. The molecule has 0 aliphatic heterocycles. The van der Waals surface area contributed by atoms with Crippen molar-refractivity contribution in [1.29, 1.82) is 0 Å². The molecule has 0 saturated heterocycles. The van der Waals surface area contributed by atoms with Crippen LogP contribution in [0.2, 0.25) is 0 Å². The van der Waals surface area contributed by atoms with Gasteiger partial charge in [-0.2, -0.15) is 4.98 Å². The maximum atomic E-state index is 5.81. The molecule has 102 valence electrons. The minimum Gasteiger partial charge on any atom is -0.479 e. The number of nitrogens with zero attached hydrogens (tertiary/aromatic N) is 2. The van der Waals surface area contributed by atoms with E-state index < -0.39 is 0 Å². The van der Waals surface area contributed by atoms with Crippen molar-refractivity contribution in [3.63, 3.8) is 0 Å². The molecular weight excluding hydrogens is 236 g/mol. The van der Waals surface area contributed by atoms with E-state index in [1.165, 1.54) is 13.4 Å². The number of nitrogen functional groups attached to an aromatic ring is 1. The first-order valence-electron chi connectivity index (χ1n) is 5.74. The quantitative estimate of drug-likeness (QED) is 0.623. The third-order valence-electron chi connectivity index (χ3n) is 2.23. The van der Waals surface area contributed by atoms with E-state index >= 15 is 0 Å². The minimum absolute atomic E-state index is 0.379. The molecule has 3 N–H and O–H groups in total. The highest BCUT2D eigenvalue weighted by molar-refractivity contribution is 5.66. The average molecular weight is 256 g/mol. The molecule has 0 aliphatic carbocycles. The highest BCUT2D eigenvalue weighted by Crippen LogP contribution is 2.23. The maximum absolute atomic E-state index is 5.81. The van der Waals surface area contributed by atoms with Crippen LogP contribution in [0.25, 0.3) is 0 Å². The Bertz CT molecular complexity index is 349. The van der Waals surface area contributed by atoms with Crippen LogP contribution in [0.4, 0.5) is 11.5 Å². The largest absolute Gasteiger partial charge is 0.479 e. The Labute approximate surface area is 107 Å². The van der Waals surface area contributed by atoms with E-state index in [0.29, 0.717) is 37.2 Å². The van der Waals surface area contributed by atoms with Gasteiger partial charge < -0.3 is 25.3 Å². The summed E-state index contributed by atoms with van der Waals surface area (Å²) in [6.45, 7) is 2.61. The average Bonchev–Trinajstić information content (AvgIpc) is 2.39. The summed E-state index contributed by atoms with van der Waals surface area (Å²) in [4.78, 5) is 7.94. The Kier molecular flexibility index (Phi) is 6.82. The van der Waals surface area contributed by atoms with E-state index in [0.717, 1.165) is 13.0 Å². The number of hydrogen-bond donors (Lipinski definition) is 2. The molecule has 0 atom stereocenters. The van der Waals surface area contributed by atoms with Gasteiger partial charge in [0.25, 0.3) is 0 Å². The number of anilines is 2. The second-order valence-corrected chi connectivity index (χ2v) is 3.53. The van der Waals surface area contributed by atoms with Gasteiger partial charge in [0.2, 0.25) is 5.88 Å². The minimum atomic E-state index is 0.379. The van der Waals surface area contributed by atoms with Gasteiger partial charge in [-0.25, -0.2) is 4.98 Å². The predicted molar refractivity (Wildman–Crippen MR) is 68.8 cm³/mol. The fourth-order valence-electron chi connectivity index (χ4n) is 1.31. The zero-order valence-electron chi connectivity index (χ0n) is 10.8. The zero-order chi connectivity index (χ0) is 13.2. The molecule has 0 unspecified atom stereocenters. The summed E-state index contributed by atoms with van der Waals surface area (Å²) in [5.74, 6) is 0.961. The number of aromatic nitrogens is 2. The van der Waals surface area contributed by atoms with Gasteiger partial charge in [-0.1, -0.05) is 0 Å². The molecule has 0 aliphatic rings. The zero-order valence-corrected chi connectivity index (χ0v) is 10.8. The molecule has 0 amide bonds. The van der Waals surface area contributed by atoms with E-state index in [9.17, 15) is 0 Å². The number of hydrogen-bond acceptors (Lipinski definition) is 7. The summed E-state index contributed by atoms with van der Waals surface area (Å²) in [6, 6.07) is 0. The van der Waals surface area contributed by atoms with Crippen LogP contribution in [0, 0.1) is 0 Å². The molecule has 18 heavy (non-hydrogen) atoms. The highest BCUT2D eigenvalue weighted by Gasteiger charge is 2.06. The van der Waals surface area contributed by atoms with Crippen LogP contribution >= 0.6 is 0 Å². The Morgan fingerprint density at radius 1 is 1.22 bits per heavy atom. The fraction of sp³-hybridized carbons (Fsp3) is 0.636. The van der Waals surface area contributed by atoms with E-state index in [2.05, 4.69) is 15.3 Å². The summed E-state index contributed by atoms with van der Waals surface area (Å²) in [5.41, 5.74) is 6.23. The Morgan fingerprint density at radius 2 is 2.06 bits per heavy atom. The highest BCUT2D eigenvalue weighted by atomic mass is 16.5. The summed E-state index contributed by atoms with van der Waals surface area (Å²) < 4.78 is 15.2. The molecule has 7 heteroatoms. The van der Waals surface area contributed by atoms with Gasteiger partial charge in [-0.05, 0) is 6.42 Å². The van der Waals surface area contributed by atoms with E-state index in [4.69, 9.17) is 19.9 Å². The van der Waals surface area contributed by atoms with Crippen molar-refractivity contribution in [1.82, 2.24) is 9.97 Å². The number of rotatable bonds is 9. The SMILES string of the molecule is COCCOCCCNc1ncnc(OC)c1N. The summed E-state index contributed by atoms with van der Waals surface area (Å²) >= 11 is 0. The van der Waals surface area contributed by atoms with E-state index in [1.54, 1.807) is 7.11 Å². The Balaban J connectivity index is 2.23. The van der Waals surface area contributed by atoms with Crippen LogP contribution in [0.5, 0.6) is 5.88 Å². The topological polar surface area (TPSA) is 91.5 Å². The van der Waals surface area contributed by atoms with Crippen LogP contribution in [-0.4, -0.2) is 50.6 Å². The lowest BCUT2D eigenvalue weighted by molar-refractivity contribution is 0.0705. The van der Waals surface area contributed by atoms with E-state index in [-0.39, 0.29) is 0 Å². The monoisotopic (exact) mass is 256 g/mol. The first-order chi connectivity index (χ1) is 8.79. The molecule has 0 spiro atoms. The molecule has 0 saturated carbocycles. The first-order valence-corrected chi connectivity index (χ1v) is 5.74. The van der Waals surface area contributed by atoms with Crippen LogP contribution in [0.1, 0.15) is 6.42 Å². The predicted octanol–water partition coefficient (Wildman–Crippen LogP) is 0.532. The summed E-state index contributed by atoms with van der Waals surface area (Å²) in [7, 11) is 3.17. The molecule has 0 aromatic carbocycles. The van der Waals surface area contributed by atoms with E-state index in [1.807, 2.05) is 0 Å².